The van der Waals surface area contributed by atoms with E-state index in [1.165, 1.54) is 12.1 Å². The lowest BCUT2D eigenvalue weighted by molar-refractivity contribution is 0.0933. The number of rotatable bonds is 4. The molecule has 1 aromatic heterocycles. The van der Waals surface area contributed by atoms with Crippen LogP contribution >= 0.6 is 11.6 Å². The molecule has 5 nitrogen and oxygen atoms in total. The first kappa shape index (κ1) is 18.5. The number of H-pyrrole nitrogens is 1. The molecule has 2 N–H and O–H groups in total. The largest absolute Gasteiger partial charge is 0.353 e. The molecule has 0 spiro atoms. The number of nitrogens with zero attached hydrogens (tertiary/aromatic N) is 2. The number of aromatic nitrogens is 2. The van der Waals surface area contributed by atoms with Crippen LogP contribution in [0.2, 0.25) is 5.02 Å². The summed E-state index contributed by atoms with van der Waals surface area (Å²) < 4.78 is 13.1. The zero-order valence-corrected chi connectivity index (χ0v) is 15.9. The van der Waals surface area contributed by atoms with Gasteiger partial charge in [0.15, 0.2) is 5.82 Å². The molecule has 0 aliphatic carbocycles. The van der Waals surface area contributed by atoms with E-state index >= 15 is 0 Å². The van der Waals surface area contributed by atoms with E-state index in [2.05, 4.69) is 20.4 Å². The summed E-state index contributed by atoms with van der Waals surface area (Å²) in [5.41, 5.74) is 2.19. The van der Waals surface area contributed by atoms with Gasteiger partial charge in [0.05, 0.1) is 16.3 Å². The summed E-state index contributed by atoms with van der Waals surface area (Å²) in [5, 5.41) is 10.9. The van der Waals surface area contributed by atoms with Crippen LogP contribution in [-0.4, -0.2) is 35.2 Å². The standard InChI is InChI=1S/C21H20ClFN4O/c22-18-6-2-1-5-17(18)21(28)24-16-4-3-11-27(13-16)20-12-19(25-26-20)14-7-9-15(23)10-8-14/h1-2,5-10,12,16H,3-4,11,13H2,(H,24,28)(H,25,26). The maximum atomic E-state index is 13.1. The van der Waals surface area contributed by atoms with E-state index in [9.17, 15) is 9.18 Å². The Morgan fingerprint density at radius 3 is 2.79 bits per heavy atom. The molecule has 2 aromatic carbocycles. The highest BCUT2D eigenvalue weighted by atomic mass is 35.5. The summed E-state index contributed by atoms with van der Waals surface area (Å²) in [5.74, 6) is 0.388. The average molecular weight is 399 g/mol. The molecule has 3 aromatic rings. The Balaban J connectivity index is 1.43. The van der Waals surface area contributed by atoms with Crippen molar-refractivity contribution in [1.82, 2.24) is 15.5 Å². The van der Waals surface area contributed by atoms with Crippen molar-refractivity contribution in [2.24, 2.45) is 0 Å². The fraction of sp³-hybridized carbons (Fsp3) is 0.238. The number of amides is 1. The van der Waals surface area contributed by atoms with Gasteiger partial charge >= 0.3 is 0 Å². The normalized spacial score (nSPS) is 16.8. The van der Waals surface area contributed by atoms with Crippen LogP contribution in [-0.2, 0) is 0 Å². The first-order valence-corrected chi connectivity index (χ1v) is 9.59. The van der Waals surface area contributed by atoms with Crippen LogP contribution in [0.1, 0.15) is 23.2 Å². The molecule has 4 rings (SSSR count). The number of hydrogen-bond acceptors (Lipinski definition) is 3. The van der Waals surface area contributed by atoms with Crippen LogP contribution in [0.25, 0.3) is 11.3 Å². The third kappa shape index (κ3) is 4.02. The van der Waals surface area contributed by atoms with Crippen LogP contribution in [0.3, 0.4) is 0 Å². The summed E-state index contributed by atoms with van der Waals surface area (Å²) in [6.07, 6.45) is 1.86. The number of carbonyl (C=O) groups excluding carboxylic acids is 1. The Hall–Kier alpha value is -2.86. The van der Waals surface area contributed by atoms with Gasteiger partial charge in [0.1, 0.15) is 5.82 Å². The number of halogens is 2. The number of piperidine rings is 1. The molecule has 1 saturated heterocycles. The fourth-order valence-electron chi connectivity index (χ4n) is 3.46. The molecule has 1 amide bonds. The zero-order chi connectivity index (χ0) is 19.5. The number of aromatic amines is 1. The number of anilines is 1. The van der Waals surface area contributed by atoms with Crippen molar-refractivity contribution >= 4 is 23.3 Å². The molecule has 0 bridgehead atoms. The second kappa shape index (κ2) is 8.02. The van der Waals surface area contributed by atoms with Gasteiger partial charge in [0, 0.05) is 25.2 Å². The number of nitrogens with one attached hydrogen (secondary N) is 2. The molecule has 1 unspecified atom stereocenters. The van der Waals surface area contributed by atoms with Gasteiger partial charge in [-0.25, -0.2) is 4.39 Å². The minimum absolute atomic E-state index is 0.0171. The molecule has 0 radical (unpaired) electrons. The van der Waals surface area contributed by atoms with Crippen molar-refractivity contribution in [1.29, 1.82) is 0 Å². The number of carbonyl (C=O) groups is 1. The second-order valence-corrected chi connectivity index (χ2v) is 7.29. The Kier molecular flexibility index (Phi) is 5.30. The van der Waals surface area contributed by atoms with Gasteiger partial charge in [-0.1, -0.05) is 23.7 Å². The van der Waals surface area contributed by atoms with Gasteiger partial charge in [-0.3, -0.25) is 9.89 Å². The van der Waals surface area contributed by atoms with Gasteiger partial charge in [0.25, 0.3) is 5.91 Å². The first-order chi connectivity index (χ1) is 13.6. The molecule has 28 heavy (non-hydrogen) atoms. The minimum Gasteiger partial charge on any atom is -0.353 e. The van der Waals surface area contributed by atoms with Crippen molar-refractivity contribution in [2.45, 2.75) is 18.9 Å². The van der Waals surface area contributed by atoms with E-state index in [-0.39, 0.29) is 17.8 Å². The highest BCUT2D eigenvalue weighted by molar-refractivity contribution is 6.33. The van der Waals surface area contributed by atoms with Gasteiger partial charge in [-0.05, 0) is 54.8 Å². The van der Waals surface area contributed by atoms with E-state index in [1.807, 2.05) is 6.07 Å². The van der Waals surface area contributed by atoms with Crippen LogP contribution in [0.5, 0.6) is 0 Å². The van der Waals surface area contributed by atoms with E-state index in [0.717, 1.165) is 36.5 Å². The molecule has 1 aliphatic heterocycles. The van der Waals surface area contributed by atoms with E-state index < -0.39 is 0 Å². The molecule has 2 heterocycles. The highest BCUT2D eigenvalue weighted by Gasteiger charge is 2.24. The summed E-state index contributed by atoms with van der Waals surface area (Å²) in [7, 11) is 0. The average Bonchev–Trinajstić information content (AvgIpc) is 3.19. The lowest BCUT2D eigenvalue weighted by Gasteiger charge is -2.33. The molecule has 1 atom stereocenters. The van der Waals surface area contributed by atoms with Crippen molar-refractivity contribution < 1.29 is 9.18 Å². The van der Waals surface area contributed by atoms with Gasteiger partial charge in [-0.2, -0.15) is 5.10 Å². The van der Waals surface area contributed by atoms with Crippen LogP contribution in [0, 0.1) is 5.82 Å². The Bertz CT molecular complexity index is 973. The fourth-order valence-corrected chi connectivity index (χ4v) is 3.68. The summed E-state index contributed by atoms with van der Waals surface area (Å²) >= 11 is 6.12. The van der Waals surface area contributed by atoms with Crippen molar-refractivity contribution in [3.05, 3.63) is 71.0 Å². The van der Waals surface area contributed by atoms with Crippen LogP contribution in [0.4, 0.5) is 10.2 Å². The zero-order valence-electron chi connectivity index (χ0n) is 15.2. The molecule has 1 aliphatic rings. The predicted octanol–water partition coefficient (Wildman–Crippen LogP) is 4.27. The molecule has 144 valence electrons. The minimum atomic E-state index is -0.267. The number of hydrogen-bond donors (Lipinski definition) is 2. The quantitative estimate of drug-likeness (QED) is 0.690. The third-order valence-electron chi connectivity index (χ3n) is 4.92. The molecular weight excluding hydrogens is 379 g/mol. The Labute approximate surface area is 167 Å². The van der Waals surface area contributed by atoms with Crippen molar-refractivity contribution in [3.8, 4) is 11.3 Å². The summed E-state index contributed by atoms with van der Waals surface area (Å²) in [6, 6.07) is 15.3. The molecular formula is C21H20ClFN4O. The van der Waals surface area contributed by atoms with Crippen molar-refractivity contribution in [2.75, 3.05) is 18.0 Å². The lowest BCUT2D eigenvalue weighted by Crippen LogP contribution is -2.48. The monoisotopic (exact) mass is 398 g/mol. The number of benzene rings is 2. The van der Waals surface area contributed by atoms with Gasteiger partial charge < -0.3 is 10.2 Å². The van der Waals surface area contributed by atoms with Crippen molar-refractivity contribution in [3.63, 3.8) is 0 Å². The third-order valence-corrected chi connectivity index (χ3v) is 5.25. The molecule has 7 heteroatoms. The van der Waals surface area contributed by atoms with Gasteiger partial charge in [0.2, 0.25) is 0 Å². The topological polar surface area (TPSA) is 61.0 Å². The smallest absolute Gasteiger partial charge is 0.253 e. The lowest BCUT2D eigenvalue weighted by atomic mass is 10.0. The molecule has 0 saturated carbocycles. The maximum Gasteiger partial charge on any atom is 0.253 e. The van der Waals surface area contributed by atoms with E-state index in [1.54, 1.807) is 36.4 Å². The highest BCUT2D eigenvalue weighted by Crippen LogP contribution is 2.24. The second-order valence-electron chi connectivity index (χ2n) is 6.89. The van der Waals surface area contributed by atoms with E-state index in [0.29, 0.717) is 17.1 Å². The Morgan fingerprint density at radius 2 is 2.00 bits per heavy atom. The summed E-state index contributed by atoms with van der Waals surface area (Å²) in [6.45, 7) is 1.54. The SMILES string of the molecule is O=C(NC1CCCN(c2cc(-c3ccc(F)cc3)[nH]n2)C1)c1ccccc1Cl. The Morgan fingerprint density at radius 1 is 1.21 bits per heavy atom. The predicted molar refractivity (Wildman–Crippen MR) is 108 cm³/mol. The maximum absolute atomic E-state index is 13.1. The van der Waals surface area contributed by atoms with Crippen LogP contribution < -0.4 is 10.2 Å². The first-order valence-electron chi connectivity index (χ1n) is 9.22. The summed E-state index contributed by atoms with van der Waals surface area (Å²) in [4.78, 5) is 14.7. The van der Waals surface area contributed by atoms with Gasteiger partial charge in [-0.15, -0.1) is 0 Å². The van der Waals surface area contributed by atoms with Crippen LogP contribution in [0.15, 0.2) is 54.6 Å². The molecule has 1 fully saturated rings. The van der Waals surface area contributed by atoms with E-state index in [4.69, 9.17) is 11.6 Å².